The third-order valence-electron chi connectivity index (χ3n) is 1.69. The van der Waals surface area contributed by atoms with Crippen molar-refractivity contribution in [1.82, 2.24) is 10.6 Å². The Labute approximate surface area is 57.0 Å². The van der Waals surface area contributed by atoms with Crippen molar-refractivity contribution in [3.05, 3.63) is 0 Å². The smallest absolute Gasteiger partial charge is 0.00767 e. The van der Waals surface area contributed by atoms with Gasteiger partial charge in [-0.3, -0.25) is 0 Å². The third kappa shape index (κ3) is 3.49. The number of hydrogen-bond acceptors (Lipinski definition) is 2. The van der Waals surface area contributed by atoms with Crippen LogP contribution in [0.4, 0.5) is 0 Å². The average Bonchev–Trinajstić information content (AvgIpc) is 2.00. The van der Waals surface area contributed by atoms with E-state index >= 15 is 0 Å². The van der Waals surface area contributed by atoms with Crippen LogP contribution in [0.5, 0.6) is 0 Å². The first-order valence-corrected chi connectivity index (χ1v) is 3.91. The summed E-state index contributed by atoms with van der Waals surface area (Å²) in [5.74, 6) is 0. The van der Waals surface area contributed by atoms with Gasteiger partial charge in [0.2, 0.25) is 0 Å². The first-order chi connectivity index (χ1) is 4.50. The molecule has 0 bridgehead atoms. The minimum absolute atomic E-state index is 1.14. The molecule has 0 atom stereocenters. The molecule has 1 fully saturated rings. The molecule has 1 rings (SSSR count). The number of hydrogen-bond donors (Lipinski definition) is 2. The van der Waals surface area contributed by atoms with Gasteiger partial charge in [0, 0.05) is 13.1 Å². The summed E-state index contributed by atoms with van der Waals surface area (Å²) in [5.41, 5.74) is 0. The van der Waals surface area contributed by atoms with Crippen molar-refractivity contribution < 1.29 is 0 Å². The van der Waals surface area contributed by atoms with Crippen LogP contribution in [0.25, 0.3) is 0 Å². The van der Waals surface area contributed by atoms with Crippen LogP contribution in [-0.4, -0.2) is 26.2 Å². The second-order valence-corrected chi connectivity index (χ2v) is 2.56. The third-order valence-corrected chi connectivity index (χ3v) is 1.69. The van der Waals surface area contributed by atoms with Crippen LogP contribution in [0, 0.1) is 0 Å². The van der Waals surface area contributed by atoms with Gasteiger partial charge in [-0.05, 0) is 25.9 Å². The topological polar surface area (TPSA) is 24.1 Å². The van der Waals surface area contributed by atoms with Crippen molar-refractivity contribution in [2.75, 3.05) is 26.2 Å². The summed E-state index contributed by atoms with van der Waals surface area (Å²) in [6.45, 7) is 4.70. The lowest BCUT2D eigenvalue weighted by molar-refractivity contribution is 0.641. The van der Waals surface area contributed by atoms with Crippen molar-refractivity contribution in [3.8, 4) is 0 Å². The molecule has 54 valence electrons. The Morgan fingerprint density at radius 2 is 1.11 bits per heavy atom. The van der Waals surface area contributed by atoms with Crippen LogP contribution in [0.1, 0.15) is 19.3 Å². The molecular weight excluding hydrogens is 112 g/mol. The highest BCUT2D eigenvalue weighted by Crippen LogP contribution is 1.92. The quantitative estimate of drug-likeness (QED) is 0.492. The van der Waals surface area contributed by atoms with Crippen molar-refractivity contribution in [2.45, 2.75) is 19.3 Å². The van der Waals surface area contributed by atoms with Gasteiger partial charge in [-0.1, -0.05) is 6.42 Å². The van der Waals surface area contributed by atoms with Crippen LogP contribution >= 0.6 is 0 Å². The van der Waals surface area contributed by atoms with E-state index in [1.807, 2.05) is 0 Å². The van der Waals surface area contributed by atoms with Gasteiger partial charge in [0.1, 0.15) is 0 Å². The summed E-state index contributed by atoms with van der Waals surface area (Å²) in [6, 6.07) is 0. The largest absolute Gasteiger partial charge is 0.315 e. The maximum atomic E-state index is 3.36. The molecule has 0 unspecified atom stereocenters. The van der Waals surface area contributed by atoms with E-state index in [1.54, 1.807) is 0 Å². The van der Waals surface area contributed by atoms with E-state index in [4.69, 9.17) is 0 Å². The Kier molecular flexibility index (Phi) is 3.72. The fourth-order valence-corrected chi connectivity index (χ4v) is 1.10. The second-order valence-electron chi connectivity index (χ2n) is 2.56. The molecule has 0 saturated carbocycles. The van der Waals surface area contributed by atoms with Crippen LogP contribution < -0.4 is 10.6 Å². The van der Waals surface area contributed by atoms with E-state index in [2.05, 4.69) is 10.6 Å². The maximum absolute atomic E-state index is 3.36. The van der Waals surface area contributed by atoms with Gasteiger partial charge in [-0.15, -0.1) is 0 Å². The van der Waals surface area contributed by atoms with Crippen molar-refractivity contribution in [2.24, 2.45) is 0 Å². The molecule has 2 N–H and O–H groups in total. The zero-order valence-corrected chi connectivity index (χ0v) is 5.95. The fraction of sp³-hybridized carbons (Fsp3) is 1.00. The monoisotopic (exact) mass is 128 g/mol. The summed E-state index contributed by atoms with van der Waals surface area (Å²) in [7, 11) is 0. The van der Waals surface area contributed by atoms with Gasteiger partial charge in [-0.25, -0.2) is 0 Å². The molecule has 0 amide bonds. The van der Waals surface area contributed by atoms with Gasteiger partial charge >= 0.3 is 0 Å². The molecule has 2 nitrogen and oxygen atoms in total. The van der Waals surface area contributed by atoms with Gasteiger partial charge in [-0.2, -0.15) is 0 Å². The van der Waals surface area contributed by atoms with E-state index in [1.165, 1.54) is 32.4 Å². The van der Waals surface area contributed by atoms with E-state index < -0.39 is 0 Å². The normalized spacial score (nSPS) is 24.0. The van der Waals surface area contributed by atoms with Gasteiger partial charge in [0.15, 0.2) is 0 Å². The molecule has 0 radical (unpaired) electrons. The van der Waals surface area contributed by atoms with Crippen LogP contribution in [0.15, 0.2) is 0 Å². The van der Waals surface area contributed by atoms with Crippen LogP contribution in [-0.2, 0) is 0 Å². The average molecular weight is 128 g/mol. The van der Waals surface area contributed by atoms with E-state index in [-0.39, 0.29) is 0 Å². The number of nitrogens with one attached hydrogen (secondary N) is 2. The molecule has 2 heteroatoms. The van der Waals surface area contributed by atoms with Crippen molar-refractivity contribution in [1.29, 1.82) is 0 Å². The second kappa shape index (κ2) is 4.77. The van der Waals surface area contributed by atoms with Crippen LogP contribution in [0.2, 0.25) is 0 Å². The molecular formula is C7H16N2. The Balaban J connectivity index is 2.02. The minimum atomic E-state index is 1.14. The predicted octanol–water partition coefficient (Wildman–Crippen LogP) is 0.349. The highest BCUT2D eigenvalue weighted by Gasteiger charge is 1.93. The lowest BCUT2D eigenvalue weighted by Crippen LogP contribution is -2.26. The van der Waals surface area contributed by atoms with E-state index in [9.17, 15) is 0 Å². The van der Waals surface area contributed by atoms with Gasteiger partial charge < -0.3 is 10.6 Å². The standard InChI is InChI=1S/C7H16N2/c1-2-4-8-6-7-9-5-3-1/h8-9H,1-7H2. The van der Waals surface area contributed by atoms with Gasteiger partial charge in [0.25, 0.3) is 0 Å². The summed E-state index contributed by atoms with van der Waals surface area (Å²) in [4.78, 5) is 0. The molecule has 9 heavy (non-hydrogen) atoms. The highest BCUT2D eigenvalue weighted by molar-refractivity contribution is 4.56. The Morgan fingerprint density at radius 3 is 1.67 bits per heavy atom. The highest BCUT2D eigenvalue weighted by atomic mass is 14.9. The zero-order valence-electron chi connectivity index (χ0n) is 5.95. The van der Waals surface area contributed by atoms with Crippen molar-refractivity contribution in [3.63, 3.8) is 0 Å². The SMILES string of the molecule is C1CCNCCNCC1. The molecule has 0 aliphatic carbocycles. The molecule has 0 aromatic carbocycles. The Hall–Kier alpha value is -0.0800. The van der Waals surface area contributed by atoms with Gasteiger partial charge in [0.05, 0.1) is 0 Å². The first kappa shape index (κ1) is 7.03. The minimum Gasteiger partial charge on any atom is -0.315 e. The molecule has 1 aliphatic heterocycles. The fourth-order valence-electron chi connectivity index (χ4n) is 1.10. The van der Waals surface area contributed by atoms with Crippen molar-refractivity contribution >= 4 is 0 Å². The summed E-state index contributed by atoms with van der Waals surface area (Å²) < 4.78 is 0. The zero-order chi connectivity index (χ0) is 6.36. The lowest BCUT2D eigenvalue weighted by Gasteiger charge is -1.99. The lowest BCUT2D eigenvalue weighted by atomic mass is 10.2. The predicted molar refractivity (Wildman–Crippen MR) is 39.6 cm³/mol. The first-order valence-electron chi connectivity index (χ1n) is 3.91. The summed E-state index contributed by atoms with van der Waals surface area (Å²) >= 11 is 0. The summed E-state index contributed by atoms with van der Waals surface area (Å²) in [5, 5.41) is 6.73. The molecule has 1 heterocycles. The van der Waals surface area contributed by atoms with Crippen LogP contribution in [0.3, 0.4) is 0 Å². The molecule has 0 spiro atoms. The molecule has 0 aromatic heterocycles. The summed E-state index contributed by atoms with van der Waals surface area (Å²) in [6.07, 6.45) is 4.07. The Morgan fingerprint density at radius 1 is 0.556 bits per heavy atom. The molecule has 1 aliphatic rings. The molecule has 0 aromatic rings. The Bertz CT molecular complexity index is 35.4. The maximum Gasteiger partial charge on any atom is 0.00767 e. The van der Waals surface area contributed by atoms with E-state index in [0.29, 0.717) is 0 Å². The molecule has 1 saturated heterocycles. The number of rotatable bonds is 0. The van der Waals surface area contributed by atoms with E-state index in [0.717, 1.165) is 13.1 Å².